The quantitative estimate of drug-likeness (QED) is 0.170. The first-order valence-corrected chi connectivity index (χ1v) is 15.0. The average Bonchev–Trinajstić information content (AvgIpc) is 3.27. The second-order valence-electron chi connectivity index (χ2n) is 9.92. The zero-order valence-corrected chi connectivity index (χ0v) is 26.0. The fraction of sp³-hybridized carbons (Fsp3) is 0.182. The lowest BCUT2D eigenvalue weighted by molar-refractivity contribution is -0.137. The Bertz CT molecular complexity index is 1860. The minimum Gasteiger partial charge on any atom is -0.495 e. The van der Waals surface area contributed by atoms with Crippen LogP contribution in [-0.4, -0.2) is 42.2 Å². The van der Waals surface area contributed by atoms with Gasteiger partial charge in [-0.2, -0.15) is 13.2 Å². The van der Waals surface area contributed by atoms with Crippen LogP contribution in [0.5, 0.6) is 17.2 Å². The lowest BCUT2D eigenvalue weighted by Gasteiger charge is -2.16. The fourth-order valence-electron chi connectivity index (χ4n) is 4.75. The summed E-state index contributed by atoms with van der Waals surface area (Å²) >= 11 is 7.21. The number of nitrogens with one attached hydrogen (secondary N) is 1. The lowest BCUT2D eigenvalue weighted by Crippen LogP contribution is -2.36. The van der Waals surface area contributed by atoms with Crippen LogP contribution < -0.4 is 19.5 Å². The van der Waals surface area contributed by atoms with E-state index in [1.165, 1.54) is 13.2 Å². The Hall–Kier alpha value is -4.68. The first-order valence-electron chi connectivity index (χ1n) is 13.8. The first-order chi connectivity index (χ1) is 22.0. The molecule has 5 rings (SSSR count). The van der Waals surface area contributed by atoms with Crippen LogP contribution in [0.25, 0.3) is 16.8 Å². The minimum absolute atomic E-state index is 0.0115. The molecular weight excluding hydrogens is 645 g/mol. The van der Waals surface area contributed by atoms with Gasteiger partial charge in [-0.05, 0) is 77.0 Å². The number of anilines is 1. The number of thioether (sulfide) groups is 1. The molecule has 4 aromatic rings. The van der Waals surface area contributed by atoms with Crippen molar-refractivity contribution in [2.75, 3.05) is 25.6 Å². The standard InChI is InChI=1S/C33H26ClF3N2O6S/c1-3-44-27-14-19(13-24(34)30(27)45-18-21-9-6-8-20-7-4-5-10-23(20)21)15-28-31(41)39(32(42)46-28)17-29(40)38-25-16-22(33(35,36)37)11-12-26(25)43-2/h4-16H,3,17-18H2,1-2H3,(H,38,40)/b28-15-. The topological polar surface area (TPSA) is 94.2 Å². The van der Waals surface area contributed by atoms with E-state index in [2.05, 4.69) is 5.32 Å². The number of amides is 3. The van der Waals surface area contributed by atoms with Gasteiger partial charge in [-0.15, -0.1) is 0 Å². The van der Waals surface area contributed by atoms with Gasteiger partial charge in [0.2, 0.25) is 5.91 Å². The number of rotatable bonds is 10. The molecule has 0 unspecified atom stereocenters. The second kappa shape index (κ2) is 13.8. The molecule has 1 N–H and O–H groups in total. The molecule has 4 aromatic carbocycles. The molecule has 1 heterocycles. The number of hydrogen-bond acceptors (Lipinski definition) is 7. The van der Waals surface area contributed by atoms with Gasteiger partial charge in [-0.25, -0.2) is 0 Å². The summed E-state index contributed by atoms with van der Waals surface area (Å²) < 4.78 is 56.5. The van der Waals surface area contributed by atoms with E-state index in [0.717, 1.165) is 28.5 Å². The van der Waals surface area contributed by atoms with Crippen LogP contribution in [0.15, 0.2) is 77.7 Å². The first kappa shape index (κ1) is 32.7. The van der Waals surface area contributed by atoms with Crippen molar-refractivity contribution in [1.82, 2.24) is 4.90 Å². The molecule has 0 radical (unpaired) electrons. The smallest absolute Gasteiger partial charge is 0.416 e. The zero-order valence-electron chi connectivity index (χ0n) is 24.4. The maximum Gasteiger partial charge on any atom is 0.416 e. The van der Waals surface area contributed by atoms with Gasteiger partial charge in [0.15, 0.2) is 11.5 Å². The highest BCUT2D eigenvalue weighted by atomic mass is 35.5. The molecule has 0 aliphatic carbocycles. The number of ether oxygens (including phenoxy) is 3. The largest absolute Gasteiger partial charge is 0.495 e. The zero-order chi connectivity index (χ0) is 33.0. The summed E-state index contributed by atoms with van der Waals surface area (Å²) in [6.45, 7) is 1.58. The molecular formula is C33H26ClF3N2O6S. The van der Waals surface area contributed by atoms with Gasteiger partial charge in [0.05, 0.1) is 34.9 Å². The average molecular weight is 671 g/mol. The molecule has 1 saturated heterocycles. The van der Waals surface area contributed by atoms with Gasteiger partial charge >= 0.3 is 6.18 Å². The molecule has 238 valence electrons. The van der Waals surface area contributed by atoms with Crippen molar-refractivity contribution in [1.29, 1.82) is 0 Å². The highest BCUT2D eigenvalue weighted by Gasteiger charge is 2.37. The predicted molar refractivity (Wildman–Crippen MR) is 170 cm³/mol. The highest BCUT2D eigenvalue weighted by molar-refractivity contribution is 8.18. The number of imide groups is 1. The molecule has 0 atom stereocenters. The molecule has 0 spiro atoms. The molecule has 1 fully saturated rings. The summed E-state index contributed by atoms with van der Waals surface area (Å²) in [5, 5.41) is 3.88. The lowest BCUT2D eigenvalue weighted by atomic mass is 10.1. The SMILES string of the molecule is CCOc1cc(/C=C2\SC(=O)N(CC(=O)Nc3cc(C(F)(F)F)ccc3OC)C2=O)cc(Cl)c1OCc1cccc2ccccc12. The number of nitrogens with zero attached hydrogens (tertiary/aromatic N) is 1. The van der Waals surface area contributed by atoms with Crippen LogP contribution in [0.1, 0.15) is 23.6 Å². The third kappa shape index (κ3) is 7.24. The van der Waals surface area contributed by atoms with Crippen LogP contribution in [0, 0.1) is 0 Å². The molecule has 0 bridgehead atoms. The Morgan fingerprint density at radius 2 is 1.76 bits per heavy atom. The van der Waals surface area contributed by atoms with E-state index < -0.39 is 35.3 Å². The number of hydrogen-bond donors (Lipinski definition) is 1. The number of alkyl halides is 3. The number of methoxy groups -OCH3 is 1. The predicted octanol–water partition coefficient (Wildman–Crippen LogP) is 8.17. The Kier molecular flexibility index (Phi) is 9.78. The van der Waals surface area contributed by atoms with Crippen molar-refractivity contribution in [3.8, 4) is 17.2 Å². The van der Waals surface area contributed by atoms with Gasteiger partial charge in [0.1, 0.15) is 18.9 Å². The number of carbonyl (C=O) groups excluding carboxylic acids is 3. The number of halogens is 4. The van der Waals surface area contributed by atoms with Crippen LogP contribution in [0.3, 0.4) is 0 Å². The molecule has 1 aliphatic heterocycles. The second-order valence-corrected chi connectivity index (χ2v) is 11.3. The van der Waals surface area contributed by atoms with E-state index in [9.17, 15) is 27.6 Å². The number of carbonyl (C=O) groups is 3. The van der Waals surface area contributed by atoms with E-state index in [0.29, 0.717) is 46.4 Å². The van der Waals surface area contributed by atoms with Crippen molar-refractivity contribution in [3.63, 3.8) is 0 Å². The highest BCUT2D eigenvalue weighted by Crippen LogP contribution is 2.40. The third-order valence-electron chi connectivity index (χ3n) is 6.86. The number of fused-ring (bicyclic) bond motifs is 1. The minimum atomic E-state index is -4.66. The van der Waals surface area contributed by atoms with Crippen LogP contribution in [0.4, 0.5) is 23.7 Å². The third-order valence-corrected chi connectivity index (χ3v) is 8.05. The fourth-order valence-corrected chi connectivity index (χ4v) is 5.86. The maximum atomic E-state index is 13.2. The molecule has 1 aliphatic rings. The van der Waals surface area contributed by atoms with E-state index in [4.69, 9.17) is 25.8 Å². The Balaban J connectivity index is 1.32. The van der Waals surface area contributed by atoms with Crippen LogP contribution in [-0.2, 0) is 22.4 Å². The molecule has 0 aromatic heterocycles. The molecule has 3 amide bonds. The Morgan fingerprint density at radius 1 is 1.00 bits per heavy atom. The van der Waals surface area contributed by atoms with E-state index >= 15 is 0 Å². The van der Waals surface area contributed by atoms with E-state index in [-0.39, 0.29) is 28.0 Å². The van der Waals surface area contributed by atoms with Gasteiger partial charge in [0, 0.05) is 0 Å². The van der Waals surface area contributed by atoms with Gasteiger partial charge in [-0.3, -0.25) is 19.3 Å². The molecule has 46 heavy (non-hydrogen) atoms. The Morgan fingerprint density at radius 3 is 2.50 bits per heavy atom. The van der Waals surface area contributed by atoms with E-state index in [1.807, 2.05) is 42.5 Å². The maximum absolute atomic E-state index is 13.2. The van der Waals surface area contributed by atoms with Gasteiger partial charge in [-0.1, -0.05) is 54.1 Å². The van der Waals surface area contributed by atoms with E-state index in [1.54, 1.807) is 19.1 Å². The van der Waals surface area contributed by atoms with Crippen molar-refractivity contribution in [2.45, 2.75) is 19.7 Å². The molecule has 8 nitrogen and oxygen atoms in total. The summed E-state index contributed by atoms with van der Waals surface area (Å²) in [6, 6.07) is 19.6. The van der Waals surface area contributed by atoms with Crippen LogP contribution in [0.2, 0.25) is 5.02 Å². The molecule has 13 heteroatoms. The number of benzene rings is 4. The summed E-state index contributed by atoms with van der Waals surface area (Å²) in [4.78, 5) is 39.2. The monoisotopic (exact) mass is 670 g/mol. The summed E-state index contributed by atoms with van der Waals surface area (Å²) in [7, 11) is 1.23. The normalized spacial score (nSPS) is 14.2. The Labute approximate surface area is 271 Å². The molecule has 0 saturated carbocycles. The van der Waals surface area contributed by atoms with Crippen molar-refractivity contribution < 1.29 is 41.8 Å². The summed E-state index contributed by atoms with van der Waals surface area (Å²) in [6.07, 6.45) is -3.23. The summed E-state index contributed by atoms with van der Waals surface area (Å²) in [5.41, 5.74) is 0.123. The van der Waals surface area contributed by atoms with Crippen LogP contribution >= 0.6 is 23.4 Å². The van der Waals surface area contributed by atoms with Crippen molar-refractivity contribution in [3.05, 3.63) is 99.4 Å². The van der Waals surface area contributed by atoms with Crippen molar-refractivity contribution in [2.24, 2.45) is 0 Å². The van der Waals surface area contributed by atoms with Gasteiger partial charge < -0.3 is 19.5 Å². The van der Waals surface area contributed by atoms with Gasteiger partial charge in [0.25, 0.3) is 11.1 Å². The summed E-state index contributed by atoms with van der Waals surface area (Å²) in [5.74, 6) is -1.04. The van der Waals surface area contributed by atoms with Crippen molar-refractivity contribution >= 4 is 63.0 Å².